The number of nitrogens with zero attached hydrogens (tertiary/aromatic N) is 2. The molecule has 2 N–H and O–H groups in total. The second-order valence-electron chi connectivity index (χ2n) is 5.81. The van der Waals surface area contributed by atoms with Crippen molar-refractivity contribution in [3.05, 3.63) is 69.2 Å². The zero-order valence-electron chi connectivity index (χ0n) is 14.5. The molecule has 10 heteroatoms. The lowest BCUT2D eigenvalue weighted by atomic mass is 10.2. The van der Waals surface area contributed by atoms with Crippen molar-refractivity contribution >= 4 is 43.6 Å². The number of nitrogens with one attached hydrogen (secondary N) is 2. The molecule has 0 aliphatic heterocycles. The van der Waals surface area contributed by atoms with Crippen molar-refractivity contribution in [2.45, 2.75) is 18.7 Å². The summed E-state index contributed by atoms with van der Waals surface area (Å²) in [5.41, 5.74) is 2.03. The van der Waals surface area contributed by atoms with Crippen molar-refractivity contribution in [3.63, 3.8) is 0 Å². The highest BCUT2D eigenvalue weighted by Crippen LogP contribution is 2.26. The Hall–Kier alpha value is -2.98. The molecule has 0 radical (unpaired) electrons. The summed E-state index contributed by atoms with van der Waals surface area (Å²) in [6.45, 7) is 3.43. The van der Waals surface area contributed by atoms with Crippen LogP contribution >= 0.6 is 11.3 Å². The van der Waals surface area contributed by atoms with E-state index in [1.165, 1.54) is 23.5 Å². The molecule has 140 valence electrons. The van der Waals surface area contributed by atoms with Gasteiger partial charge in [0, 0.05) is 22.7 Å². The number of nitro benzene ring substituents is 1. The smallest absolute Gasteiger partial charge is 0.273 e. The molecular formula is C17H16N4O4S2. The first kappa shape index (κ1) is 18.8. The largest absolute Gasteiger partial charge is 0.331 e. The first-order valence-electron chi connectivity index (χ1n) is 7.82. The molecule has 3 rings (SSSR count). The van der Waals surface area contributed by atoms with E-state index in [1.54, 1.807) is 31.2 Å². The van der Waals surface area contributed by atoms with Gasteiger partial charge < -0.3 is 5.32 Å². The minimum atomic E-state index is -3.97. The summed E-state index contributed by atoms with van der Waals surface area (Å²) >= 11 is 1.44. The van der Waals surface area contributed by atoms with Gasteiger partial charge in [0.05, 0.1) is 21.2 Å². The number of aryl methyl sites for hydroxylation is 2. The topological polar surface area (TPSA) is 114 Å². The van der Waals surface area contributed by atoms with Crippen molar-refractivity contribution in [3.8, 4) is 0 Å². The third kappa shape index (κ3) is 4.41. The molecule has 0 fully saturated rings. The molecule has 0 amide bonds. The second kappa shape index (κ2) is 7.33. The average Bonchev–Trinajstić information content (AvgIpc) is 2.99. The fourth-order valence-electron chi connectivity index (χ4n) is 2.36. The highest BCUT2D eigenvalue weighted by molar-refractivity contribution is 7.92. The van der Waals surface area contributed by atoms with Gasteiger partial charge in [-0.25, -0.2) is 13.4 Å². The minimum Gasteiger partial charge on any atom is -0.331 e. The number of thiazole rings is 1. The van der Waals surface area contributed by atoms with Crippen LogP contribution in [0.1, 0.15) is 11.3 Å². The van der Waals surface area contributed by atoms with Gasteiger partial charge in [-0.3, -0.25) is 14.8 Å². The van der Waals surface area contributed by atoms with E-state index in [-0.39, 0.29) is 10.6 Å². The van der Waals surface area contributed by atoms with Crippen molar-refractivity contribution in [1.29, 1.82) is 0 Å². The van der Waals surface area contributed by atoms with E-state index in [0.717, 1.165) is 11.8 Å². The molecule has 0 bridgehead atoms. The quantitative estimate of drug-likeness (QED) is 0.470. The number of rotatable bonds is 6. The standard InChI is InChI=1S/C17H16N4O4S2/c1-11-6-7-15(9-16(11)21(22)23)27(24,25)20-14-5-3-4-13(8-14)19-17-18-12(2)10-26-17/h3-10,20H,1-2H3,(H,18,19). The Morgan fingerprint density at radius 1 is 1.11 bits per heavy atom. The van der Waals surface area contributed by atoms with Crippen LogP contribution in [-0.2, 0) is 10.0 Å². The molecule has 1 aromatic heterocycles. The summed E-state index contributed by atoms with van der Waals surface area (Å²) in [6.07, 6.45) is 0. The average molecular weight is 404 g/mol. The van der Waals surface area contributed by atoms with Gasteiger partial charge in [-0.15, -0.1) is 11.3 Å². The number of benzene rings is 2. The Morgan fingerprint density at radius 2 is 1.85 bits per heavy atom. The zero-order chi connectivity index (χ0) is 19.6. The normalized spacial score (nSPS) is 11.2. The minimum absolute atomic E-state index is 0.172. The predicted octanol–water partition coefficient (Wildman–Crippen LogP) is 4.21. The fourth-order valence-corrected chi connectivity index (χ4v) is 4.14. The molecule has 0 spiro atoms. The zero-order valence-corrected chi connectivity index (χ0v) is 16.1. The maximum atomic E-state index is 12.6. The molecule has 0 saturated carbocycles. The van der Waals surface area contributed by atoms with Crippen molar-refractivity contribution in [2.24, 2.45) is 0 Å². The second-order valence-corrected chi connectivity index (χ2v) is 8.35. The SMILES string of the molecule is Cc1csc(Nc2cccc(NS(=O)(=O)c3ccc(C)c([N+](=O)[O-])c3)c2)n1. The van der Waals surface area contributed by atoms with Crippen molar-refractivity contribution < 1.29 is 13.3 Å². The molecule has 1 heterocycles. The molecule has 2 aromatic carbocycles. The van der Waals surface area contributed by atoms with Crippen LogP contribution in [0.25, 0.3) is 0 Å². The molecular weight excluding hydrogens is 388 g/mol. The van der Waals surface area contributed by atoms with Crippen LogP contribution in [0.15, 0.2) is 52.7 Å². The summed E-state index contributed by atoms with van der Waals surface area (Å²) in [5, 5.41) is 16.8. The number of anilines is 3. The van der Waals surface area contributed by atoms with Crippen LogP contribution in [-0.4, -0.2) is 18.3 Å². The maximum absolute atomic E-state index is 12.6. The predicted molar refractivity (Wildman–Crippen MR) is 105 cm³/mol. The first-order chi connectivity index (χ1) is 12.7. The number of aromatic nitrogens is 1. The summed E-state index contributed by atoms with van der Waals surface area (Å²) in [5.74, 6) is 0. The molecule has 8 nitrogen and oxygen atoms in total. The summed E-state index contributed by atoms with van der Waals surface area (Å²) in [4.78, 5) is 14.6. The van der Waals surface area contributed by atoms with E-state index < -0.39 is 14.9 Å². The molecule has 3 aromatic rings. The Kier molecular flexibility index (Phi) is 5.10. The van der Waals surface area contributed by atoms with E-state index >= 15 is 0 Å². The molecule has 0 saturated heterocycles. The van der Waals surface area contributed by atoms with E-state index in [4.69, 9.17) is 0 Å². The highest BCUT2D eigenvalue weighted by atomic mass is 32.2. The van der Waals surface area contributed by atoms with Gasteiger partial charge in [-0.05, 0) is 38.1 Å². The molecule has 0 atom stereocenters. The van der Waals surface area contributed by atoms with Crippen LogP contribution < -0.4 is 10.0 Å². The molecule has 0 aliphatic carbocycles. The van der Waals surface area contributed by atoms with Gasteiger partial charge >= 0.3 is 0 Å². The third-order valence-corrected chi connectivity index (χ3v) is 5.93. The fraction of sp³-hybridized carbons (Fsp3) is 0.118. The van der Waals surface area contributed by atoms with Gasteiger partial charge in [0.2, 0.25) is 0 Å². The Bertz CT molecular complexity index is 1110. The first-order valence-corrected chi connectivity index (χ1v) is 10.2. The lowest BCUT2D eigenvalue weighted by Gasteiger charge is -2.10. The van der Waals surface area contributed by atoms with Gasteiger partial charge in [0.25, 0.3) is 15.7 Å². The van der Waals surface area contributed by atoms with Gasteiger partial charge in [-0.1, -0.05) is 12.1 Å². The number of hydrogen-bond acceptors (Lipinski definition) is 7. The molecule has 27 heavy (non-hydrogen) atoms. The number of nitro groups is 1. The Morgan fingerprint density at radius 3 is 2.52 bits per heavy atom. The Labute approximate surface area is 160 Å². The number of hydrogen-bond donors (Lipinski definition) is 2. The lowest BCUT2D eigenvalue weighted by molar-refractivity contribution is -0.385. The van der Waals surface area contributed by atoms with Gasteiger partial charge in [-0.2, -0.15) is 0 Å². The van der Waals surface area contributed by atoms with Crippen LogP contribution in [0.3, 0.4) is 0 Å². The summed E-state index contributed by atoms with van der Waals surface area (Å²) < 4.78 is 27.6. The van der Waals surface area contributed by atoms with E-state index in [2.05, 4.69) is 15.0 Å². The van der Waals surface area contributed by atoms with Crippen molar-refractivity contribution in [1.82, 2.24) is 4.98 Å². The third-order valence-electron chi connectivity index (χ3n) is 3.67. The highest BCUT2D eigenvalue weighted by Gasteiger charge is 2.20. The lowest BCUT2D eigenvalue weighted by Crippen LogP contribution is -2.13. The molecule has 0 unspecified atom stereocenters. The van der Waals surface area contributed by atoms with Crippen molar-refractivity contribution in [2.75, 3.05) is 10.0 Å². The maximum Gasteiger partial charge on any atom is 0.273 e. The summed E-state index contributed by atoms with van der Waals surface area (Å²) in [7, 11) is -3.97. The Balaban J connectivity index is 1.85. The van der Waals surface area contributed by atoms with Crippen LogP contribution in [0.5, 0.6) is 0 Å². The monoisotopic (exact) mass is 404 g/mol. The van der Waals surface area contributed by atoms with Gasteiger partial charge in [0.1, 0.15) is 0 Å². The van der Waals surface area contributed by atoms with E-state index in [0.29, 0.717) is 22.1 Å². The van der Waals surface area contributed by atoms with Crippen LogP contribution in [0.2, 0.25) is 0 Å². The van der Waals surface area contributed by atoms with Crippen LogP contribution in [0.4, 0.5) is 22.2 Å². The van der Waals surface area contributed by atoms with E-state index in [1.807, 2.05) is 12.3 Å². The van der Waals surface area contributed by atoms with Gasteiger partial charge in [0.15, 0.2) is 5.13 Å². The summed E-state index contributed by atoms with van der Waals surface area (Å²) in [6, 6.07) is 10.5. The van der Waals surface area contributed by atoms with E-state index in [9.17, 15) is 18.5 Å². The van der Waals surface area contributed by atoms with Crippen LogP contribution in [0, 0.1) is 24.0 Å². The number of sulfonamides is 1. The molecule has 0 aliphatic rings.